The molecular formula is C25H23F4N7O2S. The minimum atomic E-state index is -4.49. The lowest BCUT2D eigenvalue weighted by Gasteiger charge is -2.28. The Labute approximate surface area is 223 Å². The summed E-state index contributed by atoms with van der Waals surface area (Å²) in [5, 5.41) is 13.3. The van der Waals surface area contributed by atoms with Crippen LogP contribution in [0.2, 0.25) is 0 Å². The maximum absolute atomic E-state index is 14.5. The van der Waals surface area contributed by atoms with Gasteiger partial charge in [-0.05, 0) is 42.1 Å². The van der Waals surface area contributed by atoms with Crippen molar-refractivity contribution in [2.24, 2.45) is 0 Å². The lowest BCUT2D eigenvalue weighted by molar-refractivity contribution is -0.126. The van der Waals surface area contributed by atoms with Gasteiger partial charge in [0.15, 0.2) is 0 Å². The molecule has 3 atom stereocenters. The van der Waals surface area contributed by atoms with Crippen molar-refractivity contribution >= 4 is 39.0 Å². The molecule has 204 valence electrons. The third kappa shape index (κ3) is 5.13. The van der Waals surface area contributed by atoms with E-state index in [0.29, 0.717) is 34.6 Å². The number of piperidine rings is 1. The Morgan fingerprint density at radius 1 is 1.21 bits per heavy atom. The number of carbonyl (C=O) groups is 1. The number of hydrogen-bond acceptors (Lipinski definition) is 8. The van der Waals surface area contributed by atoms with E-state index in [4.69, 9.17) is 4.52 Å². The highest BCUT2D eigenvalue weighted by atomic mass is 32.1. The third-order valence-electron chi connectivity index (χ3n) is 6.72. The van der Waals surface area contributed by atoms with Gasteiger partial charge >= 0.3 is 12.2 Å². The predicted octanol–water partition coefficient (Wildman–Crippen LogP) is 4.83. The smallest absolute Gasteiger partial charge is 0.378 e. The molecule has 9 nitrogen and oxygen atoms in total. The first kappa shape index (κ1) is 25.5. The number of thiophene rings is 1. The Hall–Kier alpha value is -3.78. The number of alkyl halides is 4. The minimum absolute atomic E-state index is 0.00725. The van der Waals surface area contributed by atoms with Gasteiger partial charge in [0.1, 0.15) is 18.0 Å². The molecule has 0 bridgehead atoms. The van der Waals surface area contributed by atoms with Crippen LogP contribution < -0.4 is 20.9 Å². The van der Waals surface area contributed by atoms with Crippen LogP contribution in [0.5, 0.6) is 0 Å². The Balaban J connectivity index is 1.34. The molecule has 5 heterocycles. The van der Waals surface area contributed by atoms with Gasteiger partial charge in [0.25, 0.3) is 5.89 Å². The number of aromatic nitrogens is 3. The number of benzene rings is 1. The van der Waals surface area contributed by atoms with Gasteiger partial charge in [-0.25, -0.2) is 14.2 Å². The van der Waals surface area contributed by atoms with Crippen molar-refractivity contribution in [2.75, 3.05) is 29.9 Å². The SMILES string of the molecule is O=C1N[C@@H](c2nc(-c3sc4c(N[C@@H]5CCNC[C@@H]5F)cccc4c3CC(F)(F)F)no2)CN1c1ccccn1. The topological polar surface area (TPSA) is 108 Å². The van der Waals surface area contributed by atoms with E-state index in [9.17, 15) is 22.4 Å². The first-order valence-electron chi connectivity index (χ1n) is 12.3. The molecule has 2 aliphatic rings. The lowest BCUT2D eigenvalue weighted by Crippen LogP contribution is -2.45. The van der Waals surface area contributed by atoms with Gasteiger partial charge < -0.3 is 20.5 Å². The summed E-state index contributed by atoms with van der Waals surface area (Å²) >= 11 is 1.09. The van der Waals surface area contributed by atoms with E-state index in [1.54, 1.807) is 42.6 Å². The average Bonchev–Trinajstić information content (AvgIpc) is 3.63. The summed E-state index contributed by atoms with van der Waals surface area (Å²) in [4.78, 5) is 22.7. The third-order valence-corrected chi connectivity index (χ3v) is 8.00. The second kappa shape index (κ2) is 10.1. The lowest BCUT2D eigenvalue weighted by atomic mass is 10.0. The highest BCUT2D eigenvalue weighted by Crippen LogP contribution is 2.44. The average molecular weight is 562 g/mol. The summed E-state index contributed by atoms with van der Waals surface area (Å²) in [6.07, 6.45) is -4.70. The zero-order valence-electron chi connectivity index (χ0n) is 20.3. The molecule has 2 saturated heterocycles. The Bertz CT molecular complexity index is 1490. The molecule has 2 amide bonds. The van der Waals surface area contributed by atoms with Gasteiger partial charge in [-0.15, -0.1) is 11.3 Å². The van der Waals surface area contributed by atoms with Gasteiger partial charge in [0.2, 0.25) is 5.82 Å². The first-order valence-corrected chi connectivity index (χ1v) is 13.1. The van der Waals surface area contributed by atoms with E-state index >= 15 is 0 Å². The number of nitrogens with zero attached hydrogens (tertiary/aromatic N) is 4. The predicted molar refractivity (Wildman–Crippen MR) is 138 cm³/mol. The van der Waals surface area contributed by atoms with Crippen LogP contribution in [0.25, 0.3) is 20.8 Å². The summed E-state index contributed by atoms with van der Waals surface area (Å²) < 4.78 is 61.5. The summed E-state index contributed by atoms with van der Waals surface area (Å²) in [5.41, 5.74) is 0.575. The van der Waals surface area contributed by atoms with E-state index in [1.807, 2.05) is 0 Å². The monoisotopic (exact) mass is 561 g/mol. The van der Waals surface area contributed by atoms with Crippen LogP contribution in [-0.4, -0.2) is 59.2 Å². The van der Waals surface area contributed by atoms with E-state index < -0.39 is 36.9 Å². The van der Waals surface area contributed by atoms with Gasteiger partial charge in [0.05, 0.1) is 34.3 Å². The number of anilines is 2. The number of hydrogen-bond donors (Lipinski definition) is 3. The van der Waals surface area contributed by atoms with E-state index in [2.05, 4.69) is 31.1 Å². The minimum Gasteiger partial charge on any atom is -0.378 e. The van der Waals surface area contributed by atoms with Gasteiger partial charge in [0, 0.05) is 12.7 Å². The van der Waals surface area contributed by atoms with Crippen molar-refractivity contribution in [1.29, 1.82) is 0 Å². The molecule has 3 aromatic heterocycles. The molecule has 0 radical (unpaired) electrons. The Kier molecular flexibility index (Phi) is 6.59. The van der Waals surface area contributed by atoms with Crippen molar-refractivity contribution in [3.63, 3.8) is 0 Å². The quantitative estimate of drug-likeness (QED) is 0.289. The number of urea groups is 1. The van der Waals surface area contributed by atoms with Crippen molar-refractivity contribution < 1.29 is 26.9 Å². The molecule has 39 heavy (non-hydrogen) atoms. The Morgan fingerprint density at radius 2 is 2.08 bits per heavy atom. The second-order valence-corrected chi connectivity index (χ2v) is 10.4. The molecule has 6 rings (SSSR count). The van der Waals surface area contributed by atoms with Gasteiger partial charge in [-0.1, -0.05) is 23.4 Å². The standard InChI is InChI=1S/C25H23F4N7O2S/c26-15-11-30-9-7-16(15)32-17-5-3-4-13-14(10-25(27,28)29)21(39-20(13)17)22-34-23(38-35-22)18-12-36(24(37)33-18)19-6-1-2-8-31-19/h1-6,8,15-16,18,30,32H,7,9-12H2,(H,33,37)/t15-,16+,18+/m0/s1. The van der Waals surface area contributed by atoms with Crippen molar-refractivity contribution in [2.45, 2.75) is 37.3 Å². The summed E-state index contributed by atoms with van der Waals surface area (Å²) in [7, 11) is 0. The number of halogens is 4. The fourth-order valence-electron chi connectivity index (χ4n) is 4.88. The highest BCUT2D eigenvalue weighted by Gasteiger charge is 2.37. The van der Waals surface area contributed by atoms with Crippen LogP contribution in [0, 0.1) is 0 Å². The first-order chi connectivity index (χ1) is 18.8. The molecule has 2 fully saturated rings. The number of pyridine rings is 1. The molecule has 0 unspecified atom stereocenters. The molecular weight excluding hydrogens is 538 g/mol. The number of nitrogens with one attached hydrogen (secondary N) is 3. The fourth-order valence-corrected chi connectivity index (χ4v) is 6.10. The molecule has 2 aliphatic heterocycles. The Morgan fingerprint density at radius 3 is 2.85 bits per heavy atom. The van der Waals surface area contributed by atoms with Gasteiger partial charge in [-0.3, -0.25) is 4.90 Å². The zero-order chi connectivity index (χ0) is 27.1. The van der Waals surface area contributed by atoms with Gasteiger partial charge in [-0.2, -0.15) is 18.2 Å². The van der Waals surface area contributed by atoms with Crippen molar-refractivity contribution in [3.8, 4) is 10.7 Å². The van der Waals surface area contributed by atoms with Crippen molar-refractivity contribution in [3.05, 3.63) is 54.0 Å². The number of carbonyl (C=O) groups excluding carboxylic acids is 1. The van der Waals surface area contributed by atoms with Crippen LogP contribution in [0.15, 0.2) is 47.1 Å². The zero-order valence-corrected chi connectivity index (χ0v) is 21.2. The molecule has 0 saturated carbocycles. The number of amides is 2. The normalized spacial score (nSPS) is 21.9. The molecule has 3 N–H and O–H groups in total. The summed E-state index contributed by atoms with van der Waals surface area (Å²) in [5.74, 6) is 0.506. The molecule has 4 aromatic rings. The number of rotatable bonds is 6. The van der Waals surface area contributed by atoms with E-state index in [-0.39, 0.29) is 35.2 Å². The summed E-state index contributed by atoms with van der Waals surface area (Å²) in [6.45, 7) is 1.02. The number of fused-ring (bicyclic) bond motifs is 1. The fraction of sp³-hybridized carbons (Fsp3) is 0.360. The maximum atomic E-state index is 14.5. The highest BCUT2D eigenvalue weighted by molar-refractivity contribution is 7.23. The molecule has 0 spiro atoms. The van der Waals surface area contributed by atoms with Crippen LogP contribution >= 0.6 is 11.3 Å². The van der Waals surface area contributed by atoms with Crippen LogP contribution in [0.4, 0.5) is 33.9 Å². The molecule has 14 heteroatoms. The maximum Gasteiger partial charge on any atom is 0.393 e. The van der Waals surface area contributed by atoms with Crippen LogP contribution in [0.1, 0.15) is 23.9 Å². The molecule has 0 aliphatic carbocycles. The largest absolute Gasteiger partial charge is 0.393 e. The van der Waals surface area contributed by atoms with E-state index in [0.717, 1.165) is 11.3 Å². The van der Waals surface area contributed by atoms with E-state index in [1.165, 1.54) is 4.90 Å². The summed E-state index contributed by atoms with van der Waals surface area (Å²) in [6, 6.07) is 8.62. The van der Waals surface area contributed by atoms with Crippen LogP contribution in [0.3, 0.4) is 0 Å². The second-order valence-electron chi connectivity index (χ2n) is 9.40. The van der Waals surface area contributed by atoms with Crippen LogP contribution in [-0.2, 0) is 6.42 Å². The molecule has 1 aromatic carbocycles. The van der Waals surface area contributed by atoms with Crippen molar-refractivity contribution in [1.82, 2.24) is 25.8 Å².